The Bertz CT molecular complexity index is 1060. The highest BCUT2D eigenvalue weighted by Crippen LogP contribution is 2.43. The molecule has 3 aliphatic heterocycles. The molecule has 0 spiro atoms. The molecule has 3 aliphatic rings. The molecular weight excluding hydrogens is 422 g/mol. The smallest absolute Gasteiger partial charge is 0.252 e. The molecule has 2 N–H and O–H groups in total. The first-order valence-corrected chi connectivity index (χ1v) is 13.0. The Labute approximate surface area is 203 Å². The lowest BCUT2D eigenvalue weighted by Crippen LogP contribution is -2.58. The lowest BCUT2D eigenvalue weighted by molar-refractivity contribution is -0.145. The van der Waals surface area contributed by atoms with E-state index in [9.17, 15) is 9.59 Å². The predicted molar refractivity (Wildman–Crippen MR) is 135 cm³/mol. The summed E-state index contributed by atoms with van der Waals surface area (Å²) >= 11 is 0. The summed E-state index contributed by atoms with van der Waals surface area (Å²) in [6, 6.07) is 14.6. The van der Waals surface area contributed by atoms with Gasteiger partial charge in [-0.15, -0.1) is 0 Å². The largest absolute Gasteiger partial charge is 0.346 e. The Morgan fingerprint density at radius 3 is 2.74 bits per heavy atom. The lowest BCUT2D eigenvalue weighted by Gasteiger charge is -2.49. The zero-order valence-corrected chi connectivity index (χ0v) is 20.6. The van der Waals surface area contributed by atoms with Gasteiger partial charge in [0.05, 0.1) is 18.0 Å². The van der Waals surface area contributed by atoms with Gasteiger partial charge in [0.2, 0.25) is 5.91 Å². The third kappa shape index (κ3) is 4.38. The van der Waals surface area contributed by atoms with Gasteiger partial charge >= 0.3 is 0 Å². The number of carbonyl (C=O) groups excluding carboxylic acids is 2. The molecule has 4 atom stereocenters. The van der Waals surface area contributed by atoms with Crippen molar-refractivity contribution in [3.8, 4) is 0 Å². The normalized spacial score (nSPS) is 24.8. The number of carbonyl (C=O) groups is 2. The van der Waals surface area contributed by atoms with E-state index in [1.807, 2.05) is 37.3 Å². The second-order valence-corrected chi connectivity index (χ2v) is 10.8. The minimum Gasteiger partial charge on any atom is -0.346 e. The van der Waals surface area contributed by atoms with Gasteiger partial charge in [0.1, 0.15) is 0 Å². The maximum absolute atomic E-state index is 13.7. The minimum atomic E-state index is -0.0878. The van der Waals surface area contributed by atoms with E-state index in [2.05, 4.69) is 41.5 Å². The molecule has 0 aromatic heterocycles. The van der Waals surface area contributed by atoms with E-state index in [-0.39, 0.29) is 35.9 Å². The first-order chi connectivity index (χ1) is 16.4. The van der Waals surface area contributed by atoms with Crippen LogP contribution in [0.25, 0.3) is 0 Å². The molecule has 2 saturated heterocycles. The molecule has 5 nitrogen and oxygen atoms in total. The molecule has 5 heteroatoms. The fraction of sp³-hybridized carbons (Fsp3) is 0.517. The standard InChI is InChI=1S/C29H37N3O2/c1-18(2)14-20-15-22-11-13-32-26(17-25-23(29(32)34)10-7-12-30-25)27(22)24(16-20)28(33)31-19(3)21-8-5-4-6-9-21/h4-6,8-9,15-16,18-19,23,25-26,30H,7,10-14,17H2,1-3H3,(H,31,33)/t19-,23-,25-,26+/m1/s1. The van der Waals surface area contributed by atoms with Crippen molar-refractivity contribution in [2.75, 3.05) is 13.1 Å². The maximum Gasteiger partial charge on any atom is 0.252 e. The number of nitrogens with zero attached hydrogens (tertiary/aromatic N) is 1. The zero-order valence-electron chi connectivity index (χ0n) is 20.6. The van der Waals surface area contributed by atoms with Crippen LogP contribution in [-0.4, -0.2) is 35.8 Å². The van der Waals surface area contributed by atoms with E-state index in [0.717, 1.165) is 61.9 Å². The van der Waals surface area contributed by atoms with Crippen molar-refractivity contribution in [1.29, 1.82) is 0 Å². The van der Waals surface area contributed by atoms with E-state index in [1.165, 1.54) is 11.1 Å². The van der Waals surface area contributed by atoms with Gasteiger partial charge in [0.15, 0.2) is 0 Å². The monoisotopic (exact) mass is 459 g/mol. The number of piperidine rings is 2. The Morgan fingerprint density at radius 2 is 1.97 bits per heavy atom. The van der Waals surface area contributed by atoms with Crippen LogP contribution in [0.15, 0.2) is 42.5 Å². The molecular formula is C29H37N3O2. The molecule has 2 fully saturated rings. The van der Waals surface area contributed by atoms with E-state index in [1.54, 1.807) is 0 Å². The van der Waals surface area contributed by atoms with Gasteiger partial charge in [-0.25, -0.2) is 0 Å². The fourth-order valence-electron chi connectivity index (χ4n) is 6.27. The highest BCUT2D eigenvalue weighted by molar-refractivity contribution is 5.97. The molecule has 34 heavy (non-hydrogen) atoms. The van der Waals surface area contributed by atoms with Crippen molar-refractivity contribution in [3.63, 3.8) is 0 Å². The summed E-state index contributed by atoms with van der Waals surface area (Å²) in [5.41, 5.74) is 5.39. The summed E-state index contributed by atoms with van der Waals surface area (Å²) in [4.78, 5) is 29.3. The lowest BCUT2D eigenvalue weighted by atomic mass is 9.75. The zero-order chi connectivity index (χ0) is 23.8. The van der Waals surface area contributed by atoms with Crippen molar-refractivity contribution in [2.45, 2.75) is 71.0 Å². The van der Waals surface area contributed by atoms with Crippen LogP contribution in [0, 0.1) is 11.8 Å². The number of amides is 2. The van der Waals surface area contributed by atoms with Crippen LogP contribution in [-0.2, 0) is 17.6 Å². The van der Waals surface area contributed by atoms with Crippen molar-refractivity contribution in [2.24, 2.45) is 11.8 Å². The predicted octanol–water partition coefficient (Wildman–Crippen LogP) is 4.57. The van der Waals surface area contributed by atoms with Gasteiger partial charge < -0.3 is 15.5 Å². The highest BCUT2D eigenvalue weighted by atomic mass is 16.2. The van der Waals surface area contributed by atoms with Crippen LogP contribution in [0.5, 0.6) is 0 Å². The van der Waals surface area contributed by atoms with Crippen LogP contribution < -0.4 is 10.6 Å². The van der Waals surface area contributed by atoms with Crippen molar-refractivity contribution < 1.29 is 9.59 Å². The van der Waals surface area contributed by atoms with Crippen molar-refractivity contribution in [1.82, 2.24) is 15.5 Å². The third-order valence-corrected chi connectivity index (χ3v) is 7.85. The molecule has 5 rings (SSSR count). The summed E-state index contributed by atoms with van der Waals surface area (Å²) in [6.07, 6.45) is 4.69. The molecule has 0 unspecified atom stereocenters. The van der Waals surface area contributed by atoms with Crippen LogP contribution in [0.1, 0.15) is 84.7 Å². The number of nitrogens with one attached hydrogen (secondary N) is 2. The SMILES string of the molecule is CC(C)Cc1cc2c(c(C(=O)N[C@H](C)c3ccccc3)c1)[C@@H]1C[C@H]3NCCC[C@H]3C(=O)N1CC2. The maximum atomic E-state index is 13.7. The Balaban J connectivity index is 1.52. The molecule has 2 amide bonds. The average Bonchev–Trinajstić information content (AvgIpc) is 2.83. The topological polar surface area (TPSA) is 61.4 Å². The van der Waals surface area contributed by atoms with Gasteiger partial charge in [-0.1, -0.05) is 50.2 Å². The van der Waals surface area contributed by atoms with Gasteiger partial charge in [0, 0.05) is 18.2 Å². The molecule has 0 aliphatic carbocycles. The summed E-state index contributed by atoms with van der Waals surface area (Å²) in [6.45, 7) is 8.19. The third-order valence-electron chi connectivity index (χ3n) is 7.85. The van der Waals surface area contributed by atoms with Crippen LogP contribution in [0.4, 0.5) is 0 Å². The molecule has 180 valence electrons. The Morgan fingerprint density at radius 1 is 1.18 bits per heavy atom. The second-order valence-electron chi connectivity index (χ2n) is 10.8. The van der Waals surface area contributed by atoms with E-state index >= 15 is 0 Å². The summed E-state index contributed by atoms with van der Waals surface area (Å²) in [5, 5.41) is 6.86. The van der Waals surface area contributed by atoms with Crippen molar-refractivity contribution in [3.05, 3.63) is 70.3 Å². The first-order valence-electron chi connectivity index (χ1n) is 13.0. The fourth-order valence-corrected chi connectivity index (χ4v) is 6.27. The number of hydrogen-bond donors (Lipinski definition) is 2. The average molecular weight is 460 g/mol. The molecule has 0 bridgehead atoms. The first kappa shape index (κ1) is 23.1. The summed E-state index contributed by atoms with van der Waals surface area (Å²) in [7, 11) is 0. The molecule has 3 heterocycles. The molecule has 0 radical (unpaired) electrons. The van der Waals surface area contributed by atoms with E-state index in [0.29, 0.717) is 5.92 Å². The van der Waals surface area contributed by atoms with Crippen molar-refractivity contribution >= 4 is 11.8 Å². The van der Waals surface area contributed by atoms with Gasteiger partial charge in [-0.05, 0) is 79.8 Å². The van der Waals surface area contributed by atoms with Crippen LogP contribution >= 0.6 is 0 Å². The highest BCUT2D eigenvalue weighted by Gasteiger charge is 2.46. The summed E-state index contributed by atoms with van der Waals surface area (Å²) < 4.78 is 0. The number of fused-ring (bicyclic) bond motifs is 4. The van der Waals surface area contributed by atoms with Gasteiger partial charge in [-0.2, -0.15) is 0 Å². The van der Waals surface area contributed by atoms with Crippen LogP contribution in [0.3, 0.4) is 0 Å². The Kier molecular flexibility index (Phi) is 6.48. The van der Waals surface area contributed by atoms with E-state index in [4.69, 9.17) is 0 Å². The van der Waals surface area contributed by atoms with Gasteiger partial charge in [-0.3, -0.25) is 9.59 Å². The van der Waals surface area contributed by atoms with E-state index < -0.39 is 0 Å². The molecule has 2 aromatic rings. The summed E-state index contributed by atoms with van der Waals surface area (Å²) in [5.74, 6) is 0.837. The minimum absolute atomic E-state index is 0.0241. The molecule has 2 aromatic carbocycles. The molecule has 0 saturated carbocycles. The number of hydrogen-bond acceptors (Lipinski definition) is 3. The Hall–Kier alpha value is -2.66. The quantitative estimate of drug-likeness (QED) is 0.688. The number of benzene rings is 2. The second kappa shape index (κ2) is 9.53. The van der Waals surface area contributed by atoms with Gasteiger partial charge in [0.25, 0.3) is 5.91 Å². The van der Waals surface area contributed by atoms with Crippen LogP contribution in [0.2, 0.25) is 0 Å². The number of rotatable bonds is 5.